The highest BCUT2D eigenvalue weighted by Gasteiger charge is 2.27. The van der Waals surface area contributed by atoms with E-state index in [1.54, 1.807) is 18.2 Å². The number of rotatable bonds is 7. The number of anilines is 1. The number of benzene rings is 2. The molecule has 0 saturated carbocycles. The number of hydrogen-bond acceptors (Lipinski definition) is 5. The lowest BCUT2D eigenvalue weighted by molar-refractivity contribution is -0.116. The molecule has 1 amide bonds. The van der Waals surface area contributed by atoms with Gasteiger partial charge in [-0.25, -0.2) is 8.42 Å². The van der Waals surface area contributed by atoms with Gasteiger partial charge < -0.3 is 14.8 Å². The van der Waals surface area contributed by atoms with Gasteiger partial charge in [-0.1, -0.05) is 0 Å². The zero-order valence-corrected chi connectivity index (χ0v) is 17.5. The largest absolute Gasteiger partial charge is 0.497 e. The molecule has 2 aromatic rings. The number of carbonyl (C=O) groups is 1. The molecule has 0 radical (unpaired) electrons. The van der Waals surface area contributed by atoms with Crippen LogP contribution in [0.25, 0.3) is 0 Å². The summed E-state index contributed by atoms with van der Waals surface area (Å²) >= 11 is 2.16. The third kappa shape index (κ3) is 4.86. The highest BCUT2D eigenvalue weighted by Crippen LogP contribution is 2.30. The van der Waals surface area contributed by atoms with Crippen molar-refractivity contribution >= 4 is 44.2 Å². The van der Waals surface area contributed by atoms with Crippen molar-refractivity contribution in [2.75, 3.05) is 33.1 Å². The SMILES string of the molecule is COc1ccc(OC)c(S(=O)(=O)N(C)CC(=O)Nc2ccc(I)cc2)c1. The van der Waals surface area contributed by atoms with E-state index in [2.05, 4.69) is 27.9 Å². The van der Waals surface area contributed by atoms with Crippen molar-refractivity contribution in [2.24, 2.45) is 0 Å². The standard InChI is InChI=1S/C17H19IN2O5S/c1-20(11-17(21)19-13-6-4-12(18)5-7-13)26(22,23)16-10-14(24-2)8-9-15(16)25-3/h4-10H,11H2,1-3H3,(H,19,21). The molecule has 1 N–H and O–H groups in total. The van der Waals surface area contributed by atoms with Crippen molar-refractivity contribution in [3.8, 4) is 11.5 Å². The lowest BCUT2D eigenvalue weighted by Gasteiger charge is -2.19. The minimum atomic E-state index is -3.94. The van der Waals surface area contributed by atoms with E-state index in [0.29, 0.717) is 11.4 Å². The van der Waals surface area contributed by atoms with Crippen LogP contribution >= 0.6 is 22.6 Å². The maximum absolute atomic E-state index is 12.8. The highest BCUT2D eigenvalue weighted by atomic mass is 127. The van der Waals surface area contributed by atoms with Crippen LogP contribution in [0, 0.1) is 3.57 Å². The Morgan fingerprint density at radius 2 is 1.77 bits per heavy atom. The first-order valence-electron chi connectivity index (χ1n) is 7.51. The zero-order chi connectivity index (χ0) is 19.3. The van der Waals surface area contributed by atoms with E-state index in [-0.39, 0.29) is 17.2 Å². The molecule has 0 spiro atoms. The fourth-order valence-electron chi connectivity index (χ4n) is 2.17. The zero-order valence-electron chi connectivity index (χ0n) is 14.5. The molecule has 26 heavy (non-hydrogen) atoms. The summed E-state index contributed by atoms with van der Waals surface area (Å²) in [6.07, 6.45) is 0. The number of likely N-dealkylation sites (N-methyl/N-ethyl adjacent to an activating group) is 1. The van der Waals surface area contributed by atoms with Crippen LogP contribution in [0.2, 0.25) is 0 Å². The summed E-state index contributed by atoms with van der Waals surface area (Å²) in [5, 5.41) is 2.67. The number of nitrogens with one attached hydrogen (secondary N) is 1. The van der Waals surface area contributed by atoms with Gasteiger partial charge >= 0.3 is 0 Å². The van der Waals surface area contributed by atoms with Crippen LogP contribution in [-0.4, -0.2) is 46.4 Å². The monoisotopic (exact) mass is 490 g/mol. The van der Waals surface area contributed by atoms with Crippen LogP contribution in [0.3, 0.4) is 0 Å². The number of nitrogens with zero attached hydrogens (tertiary/aromatic N) is 1. The molecule has 2 rings (SSSR count). The van der Waals surface area contributed by atoms with Crippen molar-refractivity contribution in [3.05, 3.63) is 46.0 Å². The first-order chi connectivity index (χ1) is 12.3. The van der Waals surface area contributed by atoms with Crippen molar-refractivity contribution < 1.29 is 22.7 Å². The Balaban J connectivity index is 2.18. The molecule has 0 aliphatic rings. The van der Waals surface area contributed by atoms with Gasteiger partial charge in [0, 0.05) is 22.4 Å². The number of ether oxygens (including phenoxy) is 2. The molecule has 0 atom stereocenters. The van der Waals surface area contributed by atoms with Crippen molar-refractivity contribution in [1.29, 1.82) is 0 Å². The fourth-order valence-corrected chi connectivity index (χ4v) is 3.83. The Morgan fingerprint density at radius 1 is 1.12 bits per heavy atom. The maximum atomic E-state index is 12.8. The number of sulfonamides is 1. The maximum Gasteiger partial charge on any atom is 0.247 e. The van der Waals surface area contributed by atoms with Crippen LogP contribution in [-0.2, 0) is 14.8 Å². The molecule has 7 nitrogen and oxygen atoms in total. The molecule has 140 valence electrons. The lowest BCUT2D eigenvalue weighted by atomic mass is 10.3. The van der Waals surface area contributed by atoms with Crippen LogP contribution in [0.4, 0.5) is 5.69 Å². The van der Waals surface area contributed by atoms with Gasteiger partial charge in [-0.2, -0.15) is 4.31 Å². The molecule has 0 saturated heterocycles. The predicted molar refractivity (Wildman–Crippen MR) is 107 cm³/mol. The van der Waals surface area contributed by atoms with Gasteiger partial charge in [-0.15, -0.1) is 0 Å². The van der Waals surface area contributed by atoms with E-state index < -0.39 is 15.9 Å². The minimum absolute atomic E-state index is 0.0658. The Hall–Kier alpha value is -1.85. The Labute approximate surface area is 166 Å². The molecular formula is C17H19IN2O5S. The quantitative estimate of drug-likeness (QED) is 0.604. The van der Waals surface area contributed by atoms with Gasteiger partial charge in [-0.05, 0) is 59.0 Å². The topological polar surface area (TPSA) is 84.9 Å². The Morgan fingerprint density at radius 3 is 2.35 bits per heavy atom. The van der Waals surface area contributed by atoms with E-state index in [1.807, 2.05) is 12.1 Å². The first kappa shape index (κ1) is 20.5. The highest BCUT2D eigenvalue weighted by molar-refractivity contribution is 14.1. The Kier molecular flexibility index (Phi) is 6.84. The molecule has 0 heterocycles. The summed E-state index contributed by atoms with van der Waals surface area (Å²) in [4.78, 5) is 12.1. The van der Waals surface area contributed by atoms with E-state index in [4.69, 9.17) is 9.47 Å². The number of amides is 1. The predicted octanol–water partition coefficient (Wildman–Crippen LogP) is 2.57. The fraction of sp³-hybridized carbons (Fsp3) is 0.235. The van der Waals surface area contributed by atoms with E-state index in [0.717, 1.165) is 7.88 Å². The lowest BCUT2D eigenvalue weighted by Crippen LogP contribution is -2.35. The second-order valence-corrected chi connectivity index (χ2v) is 8.59. The molecule has 0 unspecified atom stereocenters. The van der Waals surface area contributed by atoms with Crippen LogP contribution < -0.4 is 14.8 Å². The average Bonchev–Trinajstić information content (AvgIpc) is 2.62. The average molecular weight is 490 g/mol. The molecule has 0 fully saturated rings. The normalized spacial score (nSPS) is 11.3. The molecule has 0 aliphatic heterocycles. The minimum Gasteiger partial charge on any atom is -0.497 e. The first-order valence-corrected chi connectivity index (χ1v) is 10.0. The van der Waals surface area contributed by atoms with Crippen molar-refractivity contribution in [1.82, 2.24) is 4.31 Å². The number of halogens is 1. The Bertz CT molecular complexity index is 885. The summed E-state index contributed by atoms with van der Waals surface area (Å²) < 4.78 is 37.9. The smallest absolute Gasteiger partial charge is 0.247 e. The van der Waals surface area contributed by atoms with Crippen LogP contribution in [0.5, 0.6) is 11.5 Å². The summed E-state index contributed by atoms with van der Waals surface area (Å²) in [6.45, 7) is -0.339. The number of methoxy groups -OCH3 is 2. The summed E-state index contributed by atoms with van der Waals surface area (Å²) in [6, 6.07) is 11.7. The van der Waals surface area contributed by atoms with Gasteiger partial charge in [0.2, 0.25) is 15.9 Å². The second-order valence-electron chi connectivity index (χ2n) is 5.33. The molecule has 0 bridgehead atoms. The molecule has 0 aromatic heterocycles. The molecule has 0 aliphatic carbocycles. The third-order valence-electron chi connectivity index (χ3n) is 3.55. The van der Waals surface area contributed by atoms with Crippen molar-refractivity contribution in [2.45, 2.75) is 4.90 Å². The van der Waals surface area contributed by atoms with Crippen molar-refractivity contribution in [3.63, 3.8) is 0 Å². The third-order valence-corrected chi connectivity index (χ3v) is 6.10. The van der Waals surface area contributed by atoms with Gasteiger partial charge in [0.15, 0.2) is 0 Å². The summed E-state index contributed by atoms with van der Waals surface area (Å²) in [5.41, 5.74) is 0.597. The van der Waals surface area contributed by atoms with E-state index in [1.165, 1.54) is 33.4 Å². The number of carbonyl (C=O) groups excluding carboxylic acids is 1. The van der Waals surface area contributed by atoms with E-state index in [9.17, 15) is 13.2 Å². The summed E-state index contributed by atoms with van der Waals surface area (Å²) in [5.74, 6) is 0.107. The van der Waals surface area contributed by atoms with E-state index >= 15 is 0 Å². The second kappa shape index (κ2) is 8.69. The number of hydrogen-bond donors (Lipinski definition) is 1. The molecule has 2 aromatic carbocycles. The molecular weight excluding hydrogens is 471 g/mol. The van der Waals surface area contributed by atoms with Gasteiger partial charge in [-0.3, -0.25) is 4.79 Å². The van der Waals surface area contributed by atoms with Gasteiger partial charge in [0.05, 0.1) is 20.8 Å². The summed E-state index contributed by atoms with van der Waals surface area (Å²) in [7, 11) is 0.213. The van der Waals surface area contributed by atoms with Gasteiger partial charge in [0.25, 0.3) is 0 Å². The van der Waals surface area contributed by atoms with Crippen LogP contribution in [0.15, 0.2) is 47.4 Å². The van der Waals surface area contributed by atoms with Crippen LogP contribution in [0.1, 0.15) is 0 Å². The molecule has 9 heteroatoms. The van der Waals surface area contributed by atoms with Gasteiger partial charge in [0.1, 0.15) is 16.4 Å².